The standard InChI is InChI=1S/C28H27N3O4S/c1-17(2)19-8-11-22(12-9-19)34-16-26(32)31-28(36)29-21-10-13-23(18(3)14-21)30-27(33)25-15-20-6-4-5-7-24(20)35-25/h4-15,17H,16H2,1-3H3,(H,30,33)(H2,29,31,32,36). The van der Waals surface area contributed by atoms with Crippen LogP contribution in [0.5, 0.6) is 5.75 Å². The quantitative estimate of drug-likeness (QED) is 0.269. The van der Waals surface area contributed by atoms with Crippen molar-refractivity contribution in [2.45, 2.75) is 26.7 Å². The van der Waals surface area contributed by atoms with Crippen LogP contribution in [0.2, 0.25) is 0 Å². The average molecular weight is 502 g/mol. The van der Waals surface area contributed by atoms with E-state index >= 15 is 0 Å². The van der Waals surface area contributed by atoms with Gasteiger partial charge in [-0.2, -0.15) is 0 Å². The van der Waals surface area contributed by atoms with Gasteiger partial charge in [0, 0.05) is 16.8 Å². The Morgan fingerprint density at radius 3 is 2.42 bits per heavy atom. The van der Waals surface area contributed by atoms with E-state index in [9.17, 15) is 9.59 Å². The number of anilines is 2. The van der Waals surface area contributed by atoms with Crippen LogP contribution >= 0.6 is 12.2 Å². The molecule has 0 aliphatic rings. The number of hydrogen-bond acceptors (Lipinski definition) is 5. The van der Waals surface area contributed by atoms with Crippen molar-refractivity contribution in [3.63, 3.8) is 0 Å². The number of para-hydroxylation sites is 1. The Hall–Kier alpha value is -4.17. The van der Waals surface area contributed by atoms with Crippen LogP contribution in [0, 0.1) is 6.92 Å². The number of aryl methyl sites for hydroxylation is 1. The molecule has 0 bridgehead atoms. The van der Waals surface area contributed by atoms with Crippen LogP contribution in [-0.4, -0.2) is 23.5 Å². The van der Waals surface area contributed by atoms with Gasteiger partial charge in [-0.1, -0.05) is 44.2 Å². The Bertz CT molecular complexity index is 1380. The molecular formula is C28H27N3O4S. The van der Waals surface area contributed by atoms with Crippen LogP contribution in [0.4, 0.5) is 11.4 Å². The van der Waals surface area contributed by atoms with E-state index in [2.05, 4.69) is 29.8 Å². The van der Waals surface area contributed by atoms with Gasteiger partial charge in [-0.15, -0.1) is 0 Å². The monoisotopic (exact) mass is 501 g/mol. The van der Waals surface area contributed by atoms with Gasteiger partial charge in [0.05, 0.1) is 0 Å². The Balaban J connectivity index is 1.28. The first-order valence-electron chi connectivity index (χ1n) is 11.5. The van der Waals surface area contributed by atoms with E-state index in [1.54, 1.807) is 18.2 Å². The van der Waals surface area contributed by atoms with Crippen LogP contribution < -0.4 is 20.7 Å². The lowest BCUT2D eigenvalue weighted by molar-refractivity contribution is -0.121. The number of benzene rings is 3. The summed E-state index contributed by atoms with van der Waals surface area (Å²) in [7, 11) is 0. The van der Waals surface area contributed by atoms with Crippen molar-refractivity contribution < 1.29 is 18.7 Å². The van der Waals surface area contributed by atoms with Crippen molar-refractivity contribution in [3.05, 3.63) is 89.7 Å². The highest BCUT2D eigenvalue weighted by Crippen LogP contribution is 2.23. The summed E-state index contributed by atoms with van der Waals surface area (Å²) in [6, 6.07) is 22.1. The average Bonchev–Trinajstić information content (AvgIpc) is 3.29. The van der Waals surface area contributed by atoms with Crippen molar-refractivity contribution in [1.82, 2.24) is 5.32 Å². The predicted octanol–water partition coefficient (Wildman–Crippen LogP) is 6.01. The highest BCUT2D eigenvalue weighted by Gasteiger charge is 2.14. The fraction of sp³-hybridized carbons (Fsp3) is 0.179. The first kappa shape index (κ1) is 24.9. The molecule has 2 amide bonds. The summed E-state index contributed by atoms with van der Waals surface area (Å²) in [5.74, 6) is 0.573. The molecule has 1 heterocycles. The molecule has 7 nitrogen and oxygen atoms in total. The number of rotatable bonds is 7. The van der Waals surface area contributed by atoms with Crippen LogP contribution in [0.15, 0.2) is 77.2 Å². The predicted molar refractivity (Wildman–Crippen MR) is 146 cm³/mol. The van der Waals surface area contributed by atoms with E-state index in [0.717, 1.165) is 10.9 Å². The van der Waals surface area contributed by atoms with E-state index in [0.29, 0.717) is 28.6 Å². The number of ether oxygens (including phenoxy) is 1. The fourth-order valence-corrected chi connectivity index (χ4v) is 3.81. The molecule has 3 N–H and O–H groups in total. The van der Waals surface area contributed by atoms with E-state index in [1.807, 2.05) is 61.5 Å². The van der Waals surface area contributed by atoms with Gasteiger partial charge in [0.1, 0.15) is 11.3 Å². The molecule has 8 heteroatoms. The van der Waals surface area contributed by atoms with Crippen LogP contribution in [0.1, 0.15) is 41.4 Å². The molecule has 0 aliphatic heterocycles. The van der Waals surface area contributed by atoms with Crippen LogP contribution in [-0.2, 0) is 4.79 Å². The summed E-state index contributed by atoms with van der Waals surface area (Å²) in [5.41, 5.74) is 3.98. The van der Waals surface area contributed by atoms with E-state index in [1.165, 1.54) is 5.56 Å². The molecule has 3 aromatic carbocycles. The molecule has 0 unspecified atom stereocenters. The number of amides is 2. The highest BCUT2D eigenvalue weighted by atomic mass is 32.1. The minimum atomic E-state index is -0.369. The topological polar surface area (TPSA) is 92.6 Å². The lowest BCUT2D eigenvalue weighted by Crippen LogP contribution is -2.37. The molecule has 0 radical (unpaired) electrons. The van der Waals surface area contributed by atoms with Gasteiger partial charge < -0.3 is 19.8 Å². The Morgan fingerprint density at radius 2 is 1.72 bits per heavy atom. The minimum absolute atomic E-state index is 0.150. The molecule has 0 spiro atoms. The van der Waals surface area contributed by atoms with Gasteiger partial charge in [-0.25, -0.2) is 0 Å². The number of hydrogen-bond donors (Lipinski definition) is 3. The number of carbonyl (C=O) groups excluding carboxylic acids is 2. The SMILES string of the molecule is Cc1cc(NC(=S)NC(=O)COc2ccc(C(C)C)cc2)ccc1NC(=O)c1cc2ccccc2o1. The number of furan rings is 1. The van der Waals surface area contributed by atoms with Gasteiger partial charge in [-0.3, -0.25) is 14.9 Å². The van der Waals surface area contributed by atoms with Gasteiger partial charge >= 0.3 is 0 Å². The zero-order valence-electron chi connectivity index (χ0n) is 20.3. The summed E-state index contributed by atoms with van der Waals surface area (Å²) in [4.78, 5) is 24.8. The zero-order valence-corrected chi connectivity index (χ0v) is 21.1. The maximum absolute atomic E-state index is 12.6. The second-order valence-corrected chi connectivity index (χ2v) is 9.06. The molecule has 0 saturated carbocycles. The van der Waals surface area contributed by atoms with Crippen LogP contribution in [0.3, 0.4) is 0 Å². The molecule has 0 saturated heterocycles. The summed E-state index contributed by atoms with van der Waals surface area (Å²) >= 11 is 5.25. The van der Waals surface area contributed by atoms with Gasteiger partial charge in [0.15, 0.2) is 17.5 Å². The normalized spacial score (nSPS) is 10.8. The van der Waals surface area contributed by atoms with Crippen LogP contribution in [0.25, 0.3) is 11.0 Å². The van der Waals surface area contributed by atoms with Gasteiger partial charge in [0.2, 0.25) is 0 Å². The second kappa shape index (κ2) is 11.0. The van der Waals surface area contributed by atoms with Gasteiger partial charge in [-0.05, 0) is 78.7 Å². The molecule has 36 heavy (non-hydrogen) atoms. The van der Waals surface area contributed by atoms with Crippen molar-refractivity contribution in [2.24, 2.45) is 0 Å². The second-order valence-electron chi connectivity index (χ2n) is 8.65. The Labute approximate surface area is 214 Å². The molecular weight excluding hydrogens is 474 g/mol. The molecule has 1 aromatic heterocycles. The molecule has 0 aliphatic carbocycles. The number of fused-ring (bicyclic) bond motifs is 1. The first-order chi connectivity index (χ1) is 17.3. The Kier molecular flexibility index (Phi) is 7.65. The summed E-state index contributed by atoms with van der Waals surface area (Å²) in [6.07, 6.45) is 0. The third kappa shape index (κ3) is 6.28. The number of carbonyl (C=O) groups is 2. The maximum atomic E-state index is 12.6. The van der Waals surface area contributed by atoms with E-state index < -0.39 is 0 Å². The zero-order chi connectivity index (χ0) is 25.7. The molecule has 4 rings (SSSR count). The smallest absolute Gasteiger partial charge is 0.291 e. The fourth-order valence-electron chi connectivity index (χ4n) is 3.58. The Morgan fingerprint density at radius 1 is 0.972 bits per heavy atom. The van der Waals surface area contributed by atoms with E-state index in [4.69, 9.17) is 21.4 Å². The lowest BCUT2D eigenvalue weighted by atomic mass is 10.0. The minimum Gasteiger partial charge on any atom is -0.484 e. The highest BCUT2D eigenvalue weighted by molar-refractivity contribution is 7.80. The van der Waals surface area contributed by atoms with Crippen molar-refractivity contribution in [2.75, 3.05) is 17.2 Å². The summed E-state index contributed by atoms with van der Waals surface area (Å²) < 4.78 is 11.2. The molecule has 0 atom stereocenters. The third-order valence-electron chi connectivity index (χ3n) is 5.55. The third-order valence-corrected chi connectivity index (χ3v) is 5.76. The lowest BCUT2D eigenvalue weighted by Gasteiger charge is -2.13. The molecule has 0 fully saturated rings. The molecule has 184 valence electrons. The summed E-state index contributed by atoms with van der Waals surface area (Å²) in [5, 5.41) is 9.45. The van der Waals surface area contributed by atoms with Crippen molar-refractivity contribution in [3.8, 4) is 5.75 Å². The number of thiocarbonyl (C=S) groups is 1. The first-order valence-corrected chi connectivity index (χ1v) is 11.9. The largest absolute Gasteiger partial charge is 0.484 e. The van der Waals surface area contributed by atoms with Gasteiger partial charge in [0.25, 0.3) is 11.8 Å². The number of nitrogens with one attached hydrogen (secondary N) is 3. The summed E-state index contributed by atoms with van der Waals surface area (Å²) in [6.45, 7) is 5.93. The maximum Gasteiger partial charge on any atom is 0.291 e. The molecule has 4 aromatic rings. The van der Waals surface area contributed by atoms with Crippen molar-refractivity contribution in [1.29, 1.82) is 0 Å². The van der Waals surface area contributed by atoms with Crippen molar-refractivity contribution >= 4 is 51.5 Å². The van der Waals surface area contributed by atoms with E-state index in [-0.39, 0.29) is 29.3 Å².